The molecule has 4 heteroatoms. The van der Waals surface area contributed by atoms with Gasteiger partial charge in [0, 0.05) is 0 Å². The summed E-state index contributed by atoms with van der Waals surface area (Å²) in [6.07, 6.45) is 1.59. The zero-order valence-electron chi connectivity index (χ0n) is 7.28. The summed E-state index contributed by atoms with van der Waals surface area (Å²) in [5, 5.41) is 0. The largest absolute Gasteiger partial charge is 0.392 e. The van der Waals surface area contributed by atoms with Gasteiger partial charge in [-0.15, -0.1) is 0 Å². The Bertz CT molecular complexity index is 311. The van der Waals surface area contributed by atoms with Crippen molar-refractivity contribution in [1.82, 2.24) is 0 Å². The molecule has 3 aliphatic heterocycles. The fourth-order valence-corrected chi connectivity index (χ4v) is 2.86. The fraction of sp³-hybridized carbons (Fsp3) is 0.778. The van der Waals surface area contributed by atoms with Crippen LogP contribution < -0.4 is 0 Å². The molecule has 70 valence electrons. The molecule has 0 aromatic carbocycles. The number of carbonyl (C=O) groups is 2. The lowest BCUT2D eigenvalue weighted by molar-refractivity contribution is -0.158. The van der Waals surface area contributed by atoms with Crippen LogP contribution in [0.4, 0.5) is 0 Å². The van der Waals surface area contributed by atoms with E-state index in [9.17, 15) is 9.59 Å². The summed E-state index contributed by atoms with van der Waals surface area (Å²) >= 11 is 0. The number of hydrogen-bond acceptors (Lipinski definition) is 4. The van der Waals surface area contributed by atoms with Crippen LogP contribution in [0.3, 0.4) is 0 Å². The van der Waals surface area contributed by atoms with Gasteiger partial charge in [0.25, 0.3) is 0 Å². The van der Waals surface area contributed by atoms with E-state index in [1.54, 1.807) is 6.92 Å². The Morgan fingerprint density at radius 1 is 1.38 bits per heavy atom. The molecule has 0 saturated carbocycles. The number of ether oxygens (including phenoxy) is 2. The molecule has 3 rings (SSSR count). The minimum Gasteiger partial charge on any atom is -0.392 e. The highest BCUT2D eigenvalue weighted by molar-refractivity contribution is 6.00. The van der Waals surface area contributed by atoms with Gasteiger partial charge in [0.05, 0.1) is 12.2 Å². The molecule has 0 amide bonds. The van der Waals surface area contributed by atoms with Gasteiger partial charge in [0.1, 0.15) is 11.3 Å². The van der Waals surface area contributed by atoms with Crippen LogP contribution in [0.1, 0.15) is 19.8 Å². The third kappa shape index (κ3) is 0.633. The van der Waals surface area contributed by atoms with E-state index in [1.165, 1.54) is 0 Å². The van der Waals surface area contributed by atoms with Crippen molar-refractivity contribution < 1.29 is 19.1 Å². The molecule has 3 fully saturated rings. The first-order valence-corrected chi connectivity index (χ1v) is 4.55. The van der Waals surface area contributed by atoms with Gasteiger partial charge in [-0.05, 0) is 19.8 Å². The molecule has 3 saturated heterocycles. The normalized spacial score (nSPS) is 52.5. The maximum atomic E-state index is 11.5. The lowest BCUT2D eigenvalue weighted by Gasteiger charge is -2.25. The van der Waals surface area contributed by atoms with Gasteiger partial charge in [-0.3, -0.25) is 9.59 Å². The molecular formula is C9H10O4. The number of cyclic esters (lactones) is 2. The first kappa shape index (κ1) is 7.50. The average Bonchev–Trinajstić information content (AvgIpc) is 2.66. The second-order valence-electron chi connectivity index (χ2n) is 4.21. The second kappa shape index (κ2) is 1.95. The fourth-order valence-electron chi connectivity index (χ4n) is 2.86. The standard InChI is InChI=1S/C9H10O4/c1-9-5-3-2-4(12-5)6(9)7(10)13-8(9)11/h4-6H,2-3H2,1H3/t4-,5-,6+,9-/m1/s1. The third-order valence-electron chi connectivity index (χ3n) is 3.63. The lowest BCUT2D eigenvalue weighted by Crippen LogP contribution is -2.40. The molecule has 0 aromatic rings. The maximum absolute atomic E-state index is 11.5. The Labute approximate surface area is 75.2 Å². The SMILES string of the molecule is C[C@]12C(=O)OC(=O)[C@@H]1[C@H]1CC[C@H]2O1. The summed E-state index contributed by atoms with van der Waals surface area (Å²) in [5.41, 5.74) is -0.681. The van der Waals surface area contributed by atoms with E-state index in [-0.39, 0.29) is 24.1 Å². The van der Waals surface area contributed by atoms with Crippen LogP contribution in [0.5, 0.6) is 0 Å². The molecule has 0 N–H and O–H groups in total. The number of fused-ring (bicyclic) bond motifs is 5. The van der Waals surface area contributed by atoms with Gasteiger partial charge in [0.2, 0.25) is 0 Å². The van der Waals surface area contributed by atoms with E-state index >= 15 is 0 Å². The third-order valence-corrected chi connectivity index (χ3v) is 3.63. The monoisotopic (exact) mass is 182 g/mol. The van der Waals surface area contributed by atoms with E-state index in [4.69, 9.17) is 4.74 Å². The van der Waals surface area contributed by atoms with Crippen LogP contribution in [-0.2, 0) is 19.1 Å². The Morgan fingerprint density at radius 2 is 2.15 bits per heavy atom. The zero-order valence-corrected chi connectivity index (χ0v) is 7.28. The van der Waals surface area contributed by atoms with Gasteiger partial charge in [0.15, 0.2) is 0 Å². The molecule has 0 unspecified atom stereocenters. The molecule has 3 aliphatic rings. The van der Waals surface area contributed by atoms with Gasteiger partial charge >= 0.3 is 11.9 Å². The summed E-state index contributed by atoms with van der Waals surface area (Å²) in [6.45, 7) is 1.79. The van der Waals surface area contributed by atoms with Crippen LogP contribution in [0.2, 0.25) is 0 Å². The molecule has 4 atom stereocenters. The highest BCUT2D eigenvalue weighted by atomic mass is 16.6. The minimum atomic E-state index is -0.681. The van der Waals surface area contributed by atoms with Crippen molar-refractivity contribution in [2.45, 2.75) is 32.0 Å². The van der Waals surface area contributed by atoms with E-state index in [2.05, 4.69) is 4.74 Å². The maximum Gasteiger partial charge on any atom is 0.323 e. The van der Waals surface area contributed by atoms with Crippen LogP contribution in [0.25, 0.3) is 0 Å². The number of hydrogen-bond donors (Lipinski definition) is 0. The Hall–Kier alpha value is -0.900. The first-order valence-electron chi connectivity index (χ1n) is 4.55. The minimum absolute atomic E-state index is 0.0750. The molecule has 0 radical (unpaired) electrons. The van der Waals surface area contributed by atoms with Gasteiger partial charge in [-0.25, -0.2) is 0 Å². The Morgan fingerprint density at radius 3 is 2.85 bits per heavy atom. The lowest BCUT2D eigenvalue weighted by atomic mass is 9.69. The van der Waals surface area contributed by atoms with Gasteiger partial charge in [-0.2, -0.15) is 0 Å². The average molecular weight is 182 g/mol. The molecule has 2 bridgehead atoms. The highest BCUT2D eigenvalue weighted by Crippen LogP contribution is 2.55. The smallest absolute Gasteiger partial charge is 0.323 e. The van der Waals surface area contributed by atoms with Crippen LogP contribution in [0, 0.1) is 11.3 Å². The molecule has 0 aliphatic carbocycles. The molecule has 0 aromatic heterocycles. The summed E-state index contributed by atoms with van der Waals surface area (Å²) in [7, 11) is 0. The van der Waals surface area contributed by atoms with Gasteiger partial charge in [-0.1, -0.05) is 0 Å². The summed E-state index contributed by atoms with van der Waals surface area (Å²) in [4.78, 5) is 22.8. The first-order chi connectivity index (χ1) is 6.14. The predicted molar refractivity (Wildman–Crippen MR) is 40.6 cm³/mol. The van der Waals surface area contributed by atoms with E-state index in [0.717, 1.165) is 12.8 Å². The quantitative estimate of drug-likeness (QED) is 0.398. The summed E-state index contributed by atoms with van der Waals surface area (Å²) in [5.74, 6) is -1.12. The van der Waals surface area contributed by atoms with Crippen molar-refractivity contribution in [2.75, 3.05) is 0 Å². The van der Waals surface area contributed by atoms with E-state index < -0.39 is 11.4 Å². The van der Waals surface area contributed by atoms with E-state index in [1.807, 2.05) is 0 Å². The molecule has 4 nitrogen and oxygen atoms in total. The number of rotatable bonds is 0. The topological polar surface area (TPSA) is 52.6 Å². The van der Waals surface area contributed by atoms with Gasteiger partial charge < -0.3 is 9.47 Å². The van der Waals surface area contributed by atoms with Crippen molar-refractivity contribution >= 4 is 11.9 Å². The van der Waals surface area contributed by atoms with Crippen molar-refractivity contribution in [1.29, 1.82) is 0 Å². The molecule has 0 spiro atoms. The number of carbonyl (C=O) groups excluding carboxylic acids is 2. The molecular weight excluding hydrogens is 172 g/mol. The van der Waals surface area contributed by atoms with Crippen molar-refractivity contribution in [3.05, 3.63) is 0 Å². The number of esters is 2. The van der Waals surface area contributed by atoms with Crippen molar-refractivity contribution in [3.8, 4) is 0 Å². The molecule has 3 heterocycles. The van der Waals surface area contributed by atoms with E-state index in [0.29, 0.717) is 0 Å². The highest BCUT2D eigenvalue weighted by Gasteiger charge is 2.69. The second-order valence-corrected chi connectivity index (χ2v) is 4.21. The van der Waals surface area contributed by atoms with Crippen LogP contribution in [-0.4, -0.2) is 24.1 Å². The Kier molecular flexibility index (Phi) is 1.12. The predicted octanol–water partition coefficient (Wildman–Crippen LogP) is 0.253. The Balaban J connectivity index is 2.12. The van der Waals surface area contributed by atoms with Crippen molar-refractivity contribution in [2.24, 2.45) is 11.3 Å². The van der Waals surface area contributed by atoms with Crippen molar-refractivity contribution in [3.63, 3.8) is 0 Å². The summed E-state index contributed by atoms with van der Waals surface area (Å²) in [6, 6.07) is 0. The summed E-state index contributed by atoms with van der Waals surface area (Å²) < 4.78 is 10.2. The zero-order chi connectivity index (χ0) is 9.22. The molecule has 13 heavy (non-hydrogen) atoms. The van der Waals surface area contributed by atoms with Crippen LogP contribution in [0.15, 0.2) is 0 Å². The van der Waals surface area contributed by atoms with Crippen LogP contribution >= 0.6 is 0 Å².